The quantitative estimate of drug-likeness (QED) is 0.224. The van der Waals surface area contributed by atoms with Gasteiger partial charge in [0.15, 0.2) is 0 Å². The maximum atomic E-state index is 14.0. The zero-order valence-corrected chi connectivity index (χ0v) is 29.5. The van der Waals surface area contributed by atoms with E-state index in [1.807, 2.05) is 70.3 Å². The standard InChI is InChI=1S/C35H47N5O5S2/c1-7-27-13-15-30(16-14-27)47(44,45)39(20-24(2)3)22-32(41)31(19-28-11-9-8-10-12-28)37-34(42)33(25(4)5)40-18-17-38(35(40)43)21-29-23-46-26(6)36-29/h7-16,23-25,31-33,41H,1,17-22H2,2-6H3,(H,37,42)/t31-,32+,33?/m0/s1. The molecule has 3 aromatic rings. The number of amides is 3. The summed E-state index contributed by atoms with van der Waals surface area (Å²) in [5.74, 6) is -0.626. The summed E-state index contributed by atoms with van der Waals surface area (Å²) in [5.41, 5.74) is 2.48. The Kier molecular flexibility index (Phi) is 12.4. The molecule has 1 unspecified atom stereocenters. The SMILES string of the molecule is C=Cc1ccc(S(=O)(=O)N(CC(C)C)C[C@@H](O)[C@H](Cc2ccccc2)NC(=O)C(C(C)C)N2CCN(Cc3csc(C)n3)C2=O)cc1. The molecule has 1 aliphatic rings. The molecule has 4 rings (SSSR count). The summed E-state index contributed by atoms with van der Waals surface area (Å²) in [4.78, 5) is 35.5. The molecule has 10 nitrogen and oxygen atoms in total. The Labute approximate surface area is 283 Å². The third-order valence-corrected chi connectivity index (χ3v) is 10.9. The first-order valence-corrected chi connectivity index (χ1v) is 18.3. The fraction of sp³-hybridized carbons (Fsp3) is 0.457. The molecule has 1 aromatic heterocycles. The van der Waals surface area contributed by atoms with Gasteiger partial charge >= 0.3 is 6.03 Å². The topological polar surface area (TPSA) is 123 Å². The number of nitrogens with zero attached hydrogens (tertiary/aromatic N) is 4. The van der Waals surface area contributed by atoms with Crippen LogP contribution in [0.5, 0.6) is 0 Å². The molecule has 12 heteroatoms. The molecule has 1 fully saturated rings. The molecule has 0 saturated carbocycles. The molecule has 2 aromatic carbocycles. The first-order valence-electron chi connectivity index (χ1n) is 16.0. The van der Waals surface area contributed by atoms with Crippen molar-refractivity contribution in [2.24, 2.45) is 11.8 Å². The second-order valence-corrected chi connectivity index (χ2v) is 15.8. The van der Waals surface area contributed by atoms with Crippen LogP contribution in [0.4, 0.5) is 4.79 Å². The number of carbonyl (C=O) groups is 2. The lowest BCUT2D eigenvalue weighted by Gasteiger charge is -2.34. The van der Waals surface area contributed by atoms with Crippen LogP contribution < -0.4 is 5.32 Å². The van der Waals surface area contributed by atoms with E-state index in [4.69, 9.17) is 0 Å². The zero-order chi connectivity index (χ0) is 34.3. The summed E-state index contributed by atoms with van der Waals surface area (Å²) >= 11 is 1.53. The lowest BCUT2D eigenvalue weighted by Crippen LogP contribution is -2.57. The van der Waals surface area contributed by atoms with Crippen molar-refractivity contribution in [2.75, 3.05) is 26.2 Å². The van der Waals surface area contributed by atoms with Crippen molar-refractivity contribution in [3.8, 4) is 0 Å². The number of hydrogen-bond donors (Lipinski definition) is 2. The summed E-state index contributed by atoms with van der Waals surface area (Å²) in [6.07, 6.45) is 0.667. The zero-order valence-electron chi connectivity index (χ0n) is 27.9. The number of urea groups is 1. The second kappa shape index (κ2) is 16.0. The van der Waals surface area contributed by atoms with Crippen LogP contribution in [0.1, 0.15) is 49.5 Å². The molecule has 3 amide bonds. The third kappa shape index (κ3) is 9.28. The summed E-state index contributed by atoms with van der Waals surface area (Å²) in [6, 6.07) is 14.0. The Morgan fingerprint density at radius 1 is 1.09 bits per heavy atom. The predicted octanol–water partition coefficient (Wildman–Crippen LogP) is 4.79. The van der Waals surface area contributed by atoms with Gasteiger partial charge in [0, 0.05) is 31.6 Å². The van der Waals surface area contributed by atoms with E-state index < -0.39 is 34.1 Å². The van der Waals surface area contributed by atoms with Crippen LogP contribution in [0.2, 0.25) is 0 Å². The number of aromatic nitrogens is 1. The third-order valence-electron chi connectivity index (χ3n) is 8.19. The summed E-state index contributed by atoms with van der Waals surface area (Å²) in [7, 11) is -3.97. The van der Waals surface area contributed by atoms with Gasteiger partial charge in [-0.2, -0.15) is 4.31 Å². The molecule has 3 atom stereocenters. The Hall–Kier alpha value is -3.58. The van der Waals surface area contributed by atoms with Crippen LogP contribution in [0.25, 0.3) is 6.08 Å². The summed E-state index contributed by atoms with van der Waals surface area (Å²) in [6.45, 7) is 14.4. The molecule has 0 aliphatic carbocycles. The maximum absolute atomic E-state index is 14.0. The lowest BCUT2D eigenvalue weighted by atomic mass is 9.97. The van der Waals surface area contributed by atoms with E-state index in [1.54, 1.807) is 28.0 Å². The average molecular weight is 682 g/mol. The Balaban J connectivity index is 1.57. The molecule has 2 N–H and O–H groups in total. The van der Waals surface area contributed by atoms with Gasteiger partial charge in [0.2, 0.25) is 15.9 Å². The minimum Gasteiger partial charge on any atom is -0.390 e. The van der Waals surface area contributed by atoms with E-state index in [0.717, 1.165) is 21.8 Å². The highest BCUT2D eigenvalue weighted by Crippen LogP contribution is 2.23. The number of benzene rings is 2. The summed E-state index contributed by atoms with van der Waals surface area (Å²) in [5, 5.41) is 17.6. The van der Waals surface area contributed by atoms with Gasteiger partial charge in [0.1, 0.15) is 6.04 Å². The largest absolute Gasteiger partial charge is 0.390 e. The first kappa shape index (κ1) is 36.3. The van der Waals surface area contributed by atoms with Crippen LogP contribution in [0, 0.1) is 18.8 Å². The molecule has 47 heavy (non-hydrogen) atoms. The molecule has 1 saturated heterocycles. The van der Waals surface area contributed by atoms with E-state index >= 15 is 0 Å². The number of aliphatic hydroxyl groups is 1. The van der Waals surface area contributed by atoms with E-state index in [1.165, 1.54) is 27.8 Å². The predicted molar refractivity (Wildman–Crippen MR) is 186 cm³/mol. The highest BCUT2D eigenvalue weighted by molar-refractivity contribution is 7.89. The van der Waals surface area contributed by atoms with E-state index in [2.05, 4.69) is 16.9 Å². The van der Waals surface area contributed by atoms with E-state index in [0.29, 0.717) is 19.6 Å². The molecule has 1 aliphatic heterocycles. The van der Waals surface area contributed by atoms with Gasteiger partial charge < -0.3 is 20.2 Å². The van der Waals surface area contributed by atoms with Crippen LogP contribution in [0.15, 0.2) is 71.5 Å². The number of carbonyl (C=O) groups excluding carboxylic acids is 2. The van der Waals surface area contributed by atoms with Gasteiger partial charge in [0.25, 0.3) is 0 Å². The number of hydrogen-bond acceptors (Lipinski definition) is 7. The Morgan fingerprint density at radius 3 is 2.34 bits per heavy atom. The maximum Gasteiger partial charge on any atom is 0.321 e. The molecular formula is C35H47N5O5S2. The smallest absolute Gasteiger partial charge is 0.321 e. The van der Waals surface area contributed by atoms with Gasteiger partial charge in [-0.05, 0) is 48.4 Å². The normalized spacial score (nSPS) is 15.8. The van der Waals surface area contributed by atoms with Crippen molar-refractivity contribution in [3.63, 3.8) is 0 Å². The van der Waals surface area contributed by atoms with Gasteiger partial charge in [-0.3, -0.25) is 4.79 Å². The fourth-order valence-corrected chi connectivity index (χ4v) is 8.07. The van der Waals surface area contributed by atoms with Crippen molar-refractivity contribution in [3.05, 3.63) is 88.4 Å². The molecule has 2 heterocycles. The average Bonchev–Trinajstić information content (AvgIpc) is 3.61. The monoisotopic (exact) mass is 681 g/mol. The molecule has 254 valence electrons. The highest BCUT2D eigenvalue weighted by Gasteiger charge is 2.40. The van der Waals surface area contributed by atoms with Crippen LogP contribution in [-0.4, -0.2) is 88.9 Å². The number of aryl methyl sites for hydroxylation is 1. The fourth-order valence-electron chi connectivity index (χ4n) is 5.85. The number of sulfonamides is 1. The van der Waals surface area contributed by atoms with Gasteiger partial charge in [-0.1, -0.05) is 82.8 Å². The summed E-state index contributed by atoms with van der Waals surface area (Å²) < 4.78 is 28.9. The van der Waals surface area contributed by atoms with Crippen molar-refractivity contribution in [1.82, 2.24) is 24.4 Å². The van der Waals surface area contributed by atoms with Crippen molar-refractivity contribution in [1.29, 1.82) is 0 Å². The van der Waals surface area contributed by atoms with Gasteiger partial charge in [-0.15, -0.1) is 11.3 Å². The number of aliphatic hydroxyl groups excluding tert-OH is 1. The lowest BCUT2D eigenvalue weighted by molar-refractivity contribution is -0.128. The number of rotatable bonds is 16. The van der Waals surface area contributed by atoms with Crippen LogP contribution in [-0.2, 0) is 27.8 Å². The van der Waals surface area contributed by atoms with Crippen LogP contribution >= 0.6 is 11.3 Å². The van der Waals surface area contributed by atoms with Crippen LogP contribution in [0.3, 0.4) is 0 Å². The first-order chi connectivity index (χ1) is 22.3. The van der Waals surface area contributed by atoms with Gasteiger partial charge in [-0.25, -0.2) is 18.2 Å². The number of nitrogens with one attached hydrogen (secondary N) is 1. The molecule has 0 spiro atoms. The van der Waals surface area contributed by atoms with E-state index in [-0.39, 0.29) is 42.3 Å². The number of thiazole rings is 1. The minimum absolute atomic E-state index is 0.0192. The molecule has 0 radical (unpaired) electrons. The van der Waals surface area contributed by atoms with Crippen molar-refractivity contribution >= 4 is 39.4 Å². The minimum atomic E-state index is -3.97. The second-order valence-electron chi connectivity index (χ2n) is 12.8. The Bertz CT molecular complexity index is 1610. The van der Waals surface area contributed by atoms with E-state index in [9.17, 15) is 23.1 Å². The molecule has 0 bridgehead atoms. The van der Waals surface area contributed by atoms with Gasteiger partial charge in [0.05, 0.1) is 34.3 Å². The molecular weight excluding hydrogens is 635 g/mol. The highest BCUT2D eigenvalue weighted by atomic mass is 32.2. The van der Waals surface area contributed by atoms with Crippen molar-refractivity contribution in [2.45, 2.75) is 70.7 Å². The Morgan fingerprint density at radius 2 is 1.77 bits per heavy atom. The van der Waals surface area contributed by atoms with Crippen molar-refractivity contribution < 1.29 is 23.1 Å².